The summed E-state index contributed by atoms with van der Waals surface area (Å²) in [5, 5.41) is 0. The molecule has 1 fully saturated rings. The number of halogens is 1. The lowest BCUT2D eigenvalue weighted by Crippen LogP contribution is -2.23. The molecular formula is C13H18FN. The maximum Gasteiger partial charge on any atom is 0.123 e. The molecule has 1 aliphatic rings. The average Bonchev–Trinajstić information content (AvgIpc) is 2.68. The van der Waals surface area contributed by atoms with Gasteiger partial charge in [0.05, 0.1) is 0 Å². The third-order valence-corrected chi connectivity index (χ3v) is 3.13. The molecule has 0 N–H and O–H groups in total. The van der Waals surface area contributed by atoms with Gasteiger partial charge in [0.1, 0.15) is 5.82 Å². The molecule has 0 saturated carbocycles. The molecule has 1 atom stereocenters. The van der Waals surface area contributed by atoms with E-state index < -0.39 is 0 Å². The Bertz CT molecular complexity index is 307. The summed E-state index contributed by atoms with van der Waals surface area (Å²) in [5.74, 6) is -0.140. The van der Waals surface area contributed by atoms with Crippen molar-refractivity contribution in [3.8, 4) is 0 Å². The summed E-state index contributed by atoms with van der Waals surface area (Å²) in [6.07, 6.45) is 3.67. The second kappa shape index (κ2) is 4.75. The van der Waals surface area contributed by atoms with Gasteiger partial charge < -0.3 is 0 Å². The highest BCUT2D eigenvalue weighted by molar-refractivity contribution is 5.20. The molecule has 0 amide bonds. The molecule has 0 bridgehead atoms. The first-order valence-corrected chi connectivity index (χ1v) is 5.81. The van der Waals surface area contributed by atoms with E-state index in [4.69, 9.17) is 0 Å². The lowest BCUT2D eigenvalue weighted by Gasteiger charge is -2.24. The Morgan fingerprint density at radius 1 is 1.33 bits per heavy atom. The van der Waals surface area contributed by atoms with Gasteiger partial charge in [0.25, 0.3) is 0 Å². The quantitative estimate of drug-likeness (QED) is 0.734. The Labute approximate surface area is 90.9 Å². The third kappa shape index (κ3) is 2.37. The standard InChI is InChI=1S/C13H18FN/c1-2-9-15-10-3-4-13(15)11-5-7-12(14)8-6-11/h5-8,13H,2-4,9-10H2,1H3/t13-/m1/s1. The van der Waals surface area contributed by atoms with E-state index in [1.165, 1.54) is 31.4 Å². The maximum absolute atomic E-state index is 12.8. The Hall–Kier alpha value is -0.890. The Balaban J connectivity index is 2.11. The number of likely N-dealkylation sites (tertiary alicyclic amines) is 1. The van der Waals surface area contributed by atoms with E-state index in [1.807, 2.05) is 12.1 Å². The highest BCUT2D eigenvalue weighted by Crippen LogP contribution is 2.31. The Morgan fingerprint density at radius 2 is 2.07 bits per heavy atom. The molecule has 2 rings (SSSR count). The van der Waals surface area contributed by atoms with Gasteiger partial charge >= 0.3 is 0 Å². The van der Waals surface area contributed by atoms with Gasteiger partial charge in [-0.05, 0) is 50.0 Å². The molecule has 0 spiro atoms. The minimum atomic E-state index is -0.140. The number of hydrogen-bond donors (Lipinski definition) is 0. The summed E-state index contributed by atoms with van der Waals surface area (Å²) in [6, 6.07) is 7.50. The molecule has 1 aromatic rings. The number of benzene rings is 1. The third-order valence-electron chi connectivity index (χ3n) is 3.13. The predicted molar refractivity (Wildman–Crippen MR) is 60.2 cm³/mol. The smallest absolute Gasteiger partial charge is 0.123 e. The zero-order chi connectivity index (χ0) is 10.7. The fourth-order valence-corrected chi connectivity index (χ4v) is 2.44. The van der Waals surface area contributed by atoms with Crippen LogP contribution in [0.25, 0.3) is 0 Å². The molecule has 1 saturated heterocycles. The van der Waals surface area contributed by atoms with Gasteiger partial charge in [-0.15, -0.1) is 0 Å². The first kappa shape index (κ1) is 10.6. The summed E-state index contributed by atoms with van der Waals surface area (Å²) in [5.41, 5.74) is 1.27. The highest BCUT2D eigenvalue weighted by atomic mass is 19.1. The minimum Gasteiger partial charge on any atom is -0.296 e. The molecule has 82 valence electrons. The van der Waals surface area contributed by atoms with Crippen LogP contribution in [-0.2, 0) is 0 Å². The second-order valence-corrected chi connectivity index (χ2v) is 4.25. The molecule has 2 heteroatoms. The van der Waals surface area contributed by atoms with E-state index in [-0.39, 0.29) is 5.82 Å². The Morgan fingerprint density at radius 3 is 2.73 bits per heavy atom. The van der Waals surface area contributed by atoms with Crippen molar-refractivity contribution >= 4 is 0 Å². The van der Waals surface area contributed by atoms with Gasteiger partial charge in [-0.25, -0.2) is 4.39 Å². The van der Waals surface area contributed by atoms with Gasteiger partial charge in [0.15, 0.2) is 0 Å². The van der Waals surface area contributed by atoms with Crippen molar-refractivity contribution in [2.24, 2.45) is 0 Å². The molecule has 0 aromatic heterocycles. The fourth-order valence-electron chi connectivity index (χ4n) is 2.44. The van der Waals surface area contributed by atoms with E-state index in [1.54, 1.807) is 12.1 Å². The second-order valence-electron chi connectivity index (χ2n) is 4.25. The summed E-state index contributed by atoms with van der Waals surface area (Å²) in [6.45, 7) is 4.55. The van der Waals surface area contributed by atoms with Crippen LogP contribution in [0, 0.1) is 5.82 Å². The number of hydrogen-bond acceptors (Lipinski definition) is 1. The molecule has 0 radical (unpaired) electrons. The zero-order valence-electron chi connectivity index (χ0n) is 9.25. The lowest BCUT2D eigenvalue weighted by atomic mass is 10.0. The predicted octanol–water partition coefficient (Wildman–Crippen LogP) is 3.37. The van der Waals surface area contributed by atoms with Crippen LogP contribution in [0.4, 0.5) is 4.39 Å². The minimum absolute atomic E-state index is 0.140. The largest absolute Gasteiger partial charge is 0.296 e. The van der Waals surface area contributed by atoms with Gasteiger partial charge in [-0.2, -0.15) is 0 Å². The van der Waals surface area contributed by atoms with Crippen LogP contribution < -0.4 is 0 Å². The Kier molecular flexibility index (Phi) is 3.37. The van der Waals surface area contributed by atoms with E-state index in [0.29, 0.717) is 6.04 Å². The van der Waals surface area contributed by atoms with E-state index in [2.05, 4.69) is 11.8 Å². The van der Waals surface area contributed by atoms with Gasteiger partial charge in [-0.3, -0.25) is 4.90 Å². The van der Waals surface area contributed by atoms with Gasteiger partial charge in [0.2, 0.25) is 0 Å². The van der Waals surface area contributed by atoms with Gasteiger partial charge in [-0.1, -0.05) is 19.1 Å². The fraction of sp³-hybridized carbons (Fsp3) is 0.538. The van der Waals surface area contributed by atoms with Crippen molar-refractivity contribution in [2.45, 2.75) is 32.2 Å². The molecule has 1 nitrogen and oxygen atoms in total. The van der Waals surface area contributed by atoms with Crippen molar-refractivity contribution in [2.75, 3.05) is 13.1 Å². The summed E-state index contributed by atoms with van der Waals surface area (Å²) in [7, 11) is 0. The zero-order valence-corrected chi connectivity index (χ0v) is 9.25. The van der Waals surface area contributed by atoms with Crippen LogP contribution >= 0.6 is 0 Å². The molecule has 1 aromatic carbocycles. The summed E-state index contributed by atoms with van der Waals surface area (Å²) >= 11 is 0. The van der Waals surface area contributed by atoms with Crippen molar-refractivity contribution < 1.29 is 4.39 Å². The summed E-state index contributed by atoms with van der Waals surface area (Å²) < 4.78 is 12.8. The van der Waals surface area contributed by atoms with Crippen molar-refractivity contribution in [3.05, 3.63) is 35.6 Å². The maximum atomic E-state index is 12.8. The first-order valence-electron chi connectivity index (χ1n) is 5.81. The van der Waals surface area contributed by atoms with Crippen LogP contribution in [0.3, 0.4) is 0 Å². The topological polar surface area (TPSA) is 3.24 Å². The van der Waals surface area contributed by atoms with Crippen LogP contribution in [0.15, 0.2) is 24.3 Å². The van der Waals surface area contributed by atoms with Crippen LogP contribution in [-0.4, -0.2) is 18.0 Å². The molecule has 15 heavy (non-hydrogen) atoms. The van der Waals surface area contributed by atoms with Crippen LogP contribution in [0.1, 0.15) is 37.8 Å². The first-order chi connectivity index (χ1) is 7.31. The van der Waals surface area contributed by atoms with E-state index in [9.17, 15) is 4.39 Å². The molecule has 1 heterocycles. The normalized spacial score (nSPS) is 22.1. The summed E-state index contributed by atoms with van der Waals surface area (Å²) in [4.78, 5) is 2.51. The average molecular weight is 207 g/mol. The number of nitrogens with zero attached hydrogens (tertiary/aromatic N) is 1. The van der Waals surface area contributed by atoms with Crippen LogP contribution in [0.5, 0.6) is 0 Å². The van der Waals surface area contributed by atoms with E-state index >= 15 is 0 Å². The molecule has 0 aliphatic carbocycles. The van der Waals surface area contributed by atoms with Crippen LogP contribution in [0.2, 0.25) is 0 Å². The SMILES string of the molecule is CCCN1CCC[C@@H]1c1ccc(F)cc1. The van der Waals surface area contributed by atoms with Crippen molar-refractivity contribution in [1.82, 2.24) is 4.90 Å². The molecule has 1 aliphatic heterocycles. The van der Waals surface area contributed by atoms with E-state index in [0.717, 1.165) is 6.54 Å². The number of rotatable bonds is 3. The van der Waals surface area contributed by atoms with Crippen molar-refractivity contribution in [3.63, 3.8) is 0 Å². The lowest BCUT2D eigenvalue weighted by molar-refractivity contribution is 0.258. The molecule has 0 unspecified atom stereocenters. The monoisotopic (exact) mass is 207 g/mol. The molecular weight excluding hydrogens is 189 g/mol. The van der Waals surface area contributed by atoms with Gasteiger partial charge in [0, 0.05) is 6.04 Å². The van der Waals surface area contributed by atoms with Crippen molar-refractivity contribution in [1.29, 1.82) is 0 Å². The highest BCUT2D eigenvalue weighted by Gasteiger charge is 2.24.